The van der Waals surface area contributed by atoms with Gasteiger partial charge in [0.25, 0.3) is 5.91 Å². The normalized spacial score (nSPS) is 26.1. The van der Waals surface area contributed by atoms with Crippen molar-refractivity contribution in [2.45, 2.75) is 200 Å². The molecule has 5 rings (SSSR count). The Morgan fingerprint density at radius 3 is 1.67 bits per heavy atom. The summed E-state index contributed by atoms with van der Waals surface area (Å²) in [6.45, 7) is 20.3. The highest BCUT2D eigenvalue weighted by Crippen LogP contribution is 2.33. The van der Waals surface area contributed by atoms with E-state index < -0.39 is 149 Å². The number of aliphatic hydroxyl groups is 2. The highest BCUT2D eigenvalue weighted by molar-refractivity contribution is 5.97. The van der Waals surface area contributed by atoms with Crippen molar-refractivity contribution in [3.05, 3.63) is 95.6 Å². The number of carbonyl (C=O) groups excluding carboxylic acids is 8. The maximum absolute atomic E-state index is 15.6. The van der Waals surface area contributed by atoms with Gasteiger partial charge >= 0.3 is 12.1 Å². The number of hydrogen-bond acceptors (Lipinski definition) is 12. The Morgan fingerprint density at radius 2 is 1.15 bits per heavy atom. The smallest absolute Gasteiger partial charge is 0.416 e. The molecule has 2 fully saturated rings. The second-order valence-electron chi connectivity index (χ2n) is 26.1. The molecule has 2 aliphatic heterocycles. The third kappa shape index (κ3) is 18.2. The van der Waals surface area contributed by atoms with Gasteiger partial charge in [-0.15, -0.1) is 0 Å². The van der Waals surface area contributed by atoms with Crippen molar-refractivity contribution in [2.75, 3.05) is 34.7 Å². The monoisotopic (exact) mass is 1250 g/mol. The topological polar surface area (TPSA) is 239 Å². The number of rotatable bonds is 14. The van der Waals surface area contributed by atoms with E-state index in [0.717, 1.165) is 21.9 Å². The predicted molar refractivity (Wildman–Crippen MR) is 333 cm³/mol. The van der Waals surface area contributed by atoms with Gasteiger partial charge in [0, 0.05) is 47.1 Å². The van der Waals surface area contributed by atoms with Crippen LogP contribution in [-0.4, -0.2) is 183 Å². The van der Waals surface area contributed by atoms with E-state index in [4.69, 9.17) is 4.74 Å². The molecule has 492 valence electrons. The number of aliphatic hydroxyl groups excluding tert-OH is 1. The number of fused-ring (bicyclic) bond motifs is 1. The lowest BCUT2D eigenvalue weighted by Gasteiger charge is -2.41. The maximum Gasteiger partial charge on any atom is 0.416 e. The number of nitrogens with zero attached hydrogens (tertiary/aromatic N) is 5. The number of nitrogens with one attached hydrogen (secondary N) is 3. The van der Waals surface area contributed by atoms with Crippen LogP contribution in [0.5, 0.6) is 0 Å². The van der Waals surface area contributed by atoms with Crippen LogP contribution in [0.3, 0.4) is 0 Å². The Morgan fingerprint density at radius 1 is 0.607 bits per heavy atom. The number of esters is 1. The van der Waals surface area contributed by atoms with Crippen LogP contribution in [0, 0.1) is 29.6 Å². The first kappa shape index (κ1) is 72.8. The Balaban J connectivity index is 1.73. The summed E-state index contributed by atoms with van der Waals surface area (Å²) in [6, 6.07) is 9.99. The summed E-state index contributed by atoms with van der Waals surface area (Å²) >= 11 is 0. The van der Waals surface area contributed by atoms with Crippen molar-refractivity contribution in [1.29, 1.82) is 0 Å². The predicted octanol–water partition coefficient (Wildman–Crippen LogP) is 6.85. The van der Waals surface area contributed by atoms with Gasteiger partial charge < -0.3 is 50.5 Å². The number of cyclic esters (lactones) is 1. The van der Waals surface area contributed by atoms with Crippen LogP contribution in [0.25, 0.3) is 11.1 Å². The first-order chi connectivity index (χ1) is 41.5. The van der Waals surface area contributed by atoms with E-state index >= 15 is 19.2 Å². The number of hydrogen-bond donors (Lipinski definition) is 5. The zero-order valence-corrected chi connectivity index (χ0v) is 54.8. The molecule has 2 saturated heterocycles. The SMILES string of the molecule is CC[C@H](C)[C@@H]1NC(=O)[C@@H]2CCCN2C(O)[C@H](Cc2cccc(-c3ccc(C(F)(F)F)cc3)c2)N(C)C(=O)[C@H](Cc2ccccc2)NC(=O)[C@H](C(C)C)N(C)C(=O)[C@@H]([C@@H](C)CC)OC(=O)[C@H](C(C)(C)O)N(C)C(=O)[C@H](CC(C)C)NC(=O)[C@H](C(C)C)N(C)C1=O. The van der Waals surface area contributed by atoms with Gasteiger partial charge in [-0.2, -0.15) is 13.2 Å². The fourth-order valence-electron chi connectivity index (χ4n) is 12.3. The van der Waals surface area contributed by atoms with E-state index in [1.54, 1.807) is 108 Å². The average molecular weight is 1250 g/mol. The van der Waals surface area contributed by atoms with Gasteiger partial charge in [0.2, 0.25) is 35.4 Å². The molecule has 0 bridgehead atoms. The number of benzene rings is 3. The van der Waals surface area contributed by atoms with Crippen LogP contribution >= 0.6 is 0 Å². The first-order valence-electron chi connectivity index (χ1n) is 31.2. The van der Waals surface area contributed by atoms with Crippen molar-refractivity contribution in [3.8, 4) is 11.1 Å². The van der Waals surface area contributed by atoms with Crippen molar-refractivity contribution in [1.82, 2.24) is 40.4 Å². The molecule has 2 aliphatic rings. The quantitative estimate of drug-likeness (QED) is 0.104. The fourth-order valence-corrected chi connectivity index (χ4v) is 12.3. The Bertz CT molecular complexity index is 2920. The largest absolute Gasteiger partial charge is 0.450 e. The van der Waals surface area contributed by atoms with Gasteiger partial charge in [-0.25, -0.2) is 4.79 Å². The number of ether oxygens (including phenoxy) is 1. The van der Waals surface area contributed by atoms with Crippen molar-refractivity contribution >= 4 is 47.3 Å². The lowest BCUT2D eigenvalue weighted by Crippen LogP contribution is -2.63. The highest BCUT2D eigenvalue weighted by Gasteiger charge is 2.48. The third-order valence-corrected chi connectivity index (χ3v) is 17.6. The molecule has 89 heavy (non-hydrogen) atoms. The number of carbonyl (C=O) groups is 8. The second kappa shape index (κ2) is 31.2. The lowest BCUT2D eigenvalue weighted by molar-refractivity contribution is -0.177. The molecule has 0 spiro atoms. The molecular formula is C67H97F3N8O11. The standard InChI is InChI=1S/C67H97F3N8O11/c1-17-41(9)52-63(85)75(14)53(39(5)6)58(80)71-48(34-38(3)4)61(83)77(16)56(66(11,12)88)65(87)89-55(42(10)18-2)64(86)76(15)54(40(7)8)59(81)72-49(36-43-24-20-19-21-25-43)60(82)74(13)51(62(84)78-33-23-28-50(78)57(79)73-52)37-44-26-22-27-46(35-44)45-29-31-47(32-30-45)67(68,69)70/h19-22,24-27,29-32,35,38-42,48-56,62,84,88H,17-18,23,28,33-34,36-37H2,1-16H3,(H,71,80)(H,72,81)(H,73,79)/t41-,42-,48-,49-,50-,51-,52-,53-,54-,55+,56+,62?/m0/s1. The summed E-state index contributed by atoms with van der Waals surface area (Å²) in [7, 11) is 5.57. The molecule has 0 aliphatic carbocycles. The minimum atomic E-state index is -4.57. The van der Waals surface area contributed by atoms with Crippen LogP contribution in [0.2, 0.25) is 0 Å². The molecule has 22 heteroatoms. The summed E-state index contributed by atoms with van der Waals surface area (Å²) < 4.78 is 47.1. The van der Waals surface area contributed by atoms with E-state index in [2.05, 4.69) is 16.0 Å². The van der Waals surface area contributed by atoms with Crippen molar-refractivity contribution < 1.29 is 66.5 Å². The molecule has 7 amide bonds. The Hall–Kier alpha value is -6.91. The van der Waals surface area contributed by atoms with Crippen LogP contribution in [0.4, 0.5) is 13.2 Å². The van der Waals surface area contributed by atoms with E-state index in [9.17, 15) is 42.6 Å². The van der Waals surface area contributed by atoms with Crippen molar-refractivity contribution in [2.24, 2.45) is 29.6 Å². The van der Waals surface area contributed by atoms with E-state index in [1.807, 2.05) is 20.8 Å². The fraction of sp³-hybridized carbons (Fsp3) is 0.612. The van der Waals surface area contributed by atoms with E-state index in [1.165, 1.54) is 64.0 Å². The molecule has 3 aromatic carbocycles. The number of likely N-dealkylation sites (N-methyl/N-ethyl adjacent to an activating group) is 4. The van der Waals surface area contributed by atoms with E-state index in [-0.39, 0.29) is 38.1 Å². The zero-order chi connectivity index (χ0) is 66.7. The number of amides is 7. The molecule has 19 nitrogen and oxygen atoms in total. The zero-order valence-electron chi connectivity index (χ0n) is 54.8. The minimum Gasteiger partial charge on any atom is -0.450 e. The van der Waals surface area contributed by atoms with Crippen LogP contribution in [0.1, 0.15) is 132 Å². The Labute approximate surface area is 523 Å². The minimum absolute atomic E-state index is 0.0568. The lowest BCUT2D eigenvalue weighted by atomic mass is 9.93. The summed E-state index contributed by atoms with van der Waals surface area (Å²) in [5.74, 6) is -8.69. The molecule has 1 unspecified atom stereocenters. The summed E-state index contributed by atoms with van der Waals surface area (Å²) in [4.78, 5) is 127. The Kier molecular flexibility index (Phi) is 25.5. The van der Waals surface area contributed by atoms with Gasteiger partial charge in [-0.1, -0.05) is 142 Å². The van der Waals surface area contributed by atoms with Crippen LogP contribution in [-0.2, 0) is 62.1 Å². The molecule has 3 aromatic rings. The molecule has 2 heterocycles. The number of halogens is 3. The highest BCUT2D eigenvalue weighted by atomic mass is 19.4. The number of alkyl halides is 3. The molecular weight excluding hydrogens is 1150 g/mol. The van der Waals surface area contributed by atoms with E-state index in [0.29, 0.717) is 41.5 Å². The van der Waals surface area contributed by atoms with Gasteiger partial charge in [0.1, 0.15) is 36.4 Å². The van der Waals surface area contributed by atoms with Crippen LogP contribution in [0.15, 0.2) is 78.9 Å². The van der Waals surface area contributed by atoms with Gasteiger partial charge in [-0.3, -0.25) is 38.5 Å². The van der Waals surface area contributed by atoms with Gasteiger partial charge in [0.15, 0.2) is 12.1 Å². The molecule has 0 aromatic heterocycles. The van der Waals surface area contributed by atoms with Gasteiger partial charge in [0.05, 0.1) is 23.2 Å². The summed E-state index contributed by atoms with van der Waals surface area (Å²) in [6.07, 6.45) is -6.51. The maximum atomic E-state index is 15.6. The third-order valence-electron chi connectivity index (χ3n) is 17.6. The second-order valence-corrected chi connectivity index (χ2v) is 26.1. The molecule has 5 N–H and O–H groups in total. The first-order valence-corrected chi connectivity index (χ1v) is 31.2. The van der Waals surface area contributed by atoms with Gasteiger partial charge in [-0.05, 0) is 104 Å². The van der Waals surface area contributed by atoms with Crippen molar-refractivity contribution in [3.63, 3.8) is 0 Å². The molecule has 12 atom stereocenters. The average Bonchev–Trinajstić information content (AvgIpc) is 3.49. The summed E-state index contributed by atoms with van der Waals surface area (Å²) in [5, 5.41) is 33.5. The molecule has 0 radical (unpaired) electrons. The summed E-state index contributed by atoms with van der Waals surface area (Å²) in [5.41, 5.74) is -0.644. The molecule has 0 saturated carbocycles. The van der Waals surface area contributed by atoms with Crippen LogP contribution < -0.4 is 16.0 Å².